The van der Waals surface area contributed by atoms with Crippen LogP contribution in [0, 0.1) is 9.65 Å². The Hall–Kier alpha value is -0.980. The summed E-state index contributed by atoms with van der Waals surface area (Å²) in [6, 6.07) is 4.38. The number of hydrogen-bond donors (Lipinski definition) is 1. The van der Waals surface area contributed by atoms with E-state index in [9.17, 15) is 9.18 Å². The summed E-state index contributed by atoms with van der Waals surface area (Å²) >= 11 is 1.88. The van der Waals surface area contributed by atoms with Crippen LogP contribution in [0.25, 0.3) is 10.9 Å². The maximum atomic E-state index is 13.1. The minimum absolute atomic E-state index is 0.0166. The number of H-pyrrole nitrogens is 1. The molecule has 0 unspecified atom stereocenters. The number of aromatic amines is 1. The average molecular weight is 290 g/mol. The number of nitrogens with one attached hydrogen (secondary N) is 1. The van der Waals surface area contributed by atoms with E-state index in [2.05, 4.69) is 9.97 Å². The lowest BCUT2D eigenvalue weighted by Gasteiger charge is -1.97. The van der Waals surface area contributed by atoms with Gasteiger partial charge in [0.1, 0.15) is 11.2 Å². The molecule has 13 heavy (non-hydrogen) atoms. The maximum absolute atomic E-state index is 13.1. The van der Waals surface area contributed by atoms with Gasteiger partial charge >= 0.3 is 0 Å². The Morgan fingerprint density at radius 1 is 1.46 bits per heavy atom. The van der Waals surface area contributed by atoms with Crippen LogP contribution >= 0.6 is 22.6 Å². The fourth-order valence-electron chi connectivity index (χ4n) is 1.12. The Kier molecular flexibility index (Phi) is 2.03. The fraction of sp³-hybridized carbons (Fsp3) is 0. The Morgan fingerprint density at radius 2 is 2.23 bits per heavy atom. The Labute approximate surface area is 86.1 Å². The zero-order valence-electron chi connectivity index (χ0n) is 6.34. The largest absolute Gasteiger partial charge is 0.301 e. The molecule has 3 nitrogen and oxygen atoms in total. The van der Waals surface area contributed by atoms with Gasteiger partial charge in [0.15, 0.2) is 3.83 Å². The molecule has 1 heterocycles. The van der Waals surface area contributed by atoms with Gasteiger partial charge in [-0.15, -0.1) is 0 Å². The van der Waals surface area contributed by atoms with Crippen LogP contribution in [0.1, 0.15) is 0 Å². The van der Waals surface area contributed by atoms with E-state index in [0.717, 1.165) is 0 Å². The van der Waals surface area contributed by atoms with Crippen molar-refractivity contribution in [3.63, 3.8) is 0 Å². The van der Waals surface area contributed by atoms with E-state index in [1.165, 1.54) is 12.1 Å². The van der Waals surface area contributed by atoms with Gasteiger partial charge in [-0.05, 0) is 34.7 Å². The van der Waals surface area contributed by atoms with Crippen LogP contribution in [-0.4, -0.2) is 9.97 Å². The van der Waals surface area contributed by atoms with E-state index in [-0.39, 0.29) is 5.39 Å². The van der Waals surface area contributed by atoms with Crippen molar-refractivity contribution in [2.45, 2.75) is 0 Å². The molecule has 1 aromatic carbocycles. The summed E-state index contributed by atoms with van der Waals surface area (Å²) in [7, 11) is 0. The molecule has 0 amide bonds. The van der Waals surface area contributed by atoms with E-state index in [1.807, 2.05) is 22.6 Å². The summed E-state index contributed by atoms with van der Waals surface area (Å²) in [6.45, 7) is 0. The molecular formula is C8H4FIN2O. The van der Waals surface area contributed by atoms with Crippen LogP contribution in [0.3, 0.4) is 0 Å². The third kappa shape index (κ3) is 1.43. The number of fused-ring (bicyclic) bond motifs is 1. The SMILES string of the molecule is O=c1[nH]c(I)nc2cccc(F)c12. The highest BCUT2D eigenvalue weighted by atomic mass is 127. The van der Waals surface area contributed by atoms with Crippen LogP contribution < -0.4 is 5.56 Å². The second kappa shape index (κ2) is 3.06. The first kappa shape index (κ1) is 8.61. The second-order valence-corrected chi connectivity index (χ2v) is 3.51. The third-order valence-corrected chi connectivity index (χ3v) is 2.16. The van der Waals surface area contributed by atoms with Crippen LogP contribution in [-0.2, 0) is 0 Å². The van der Waals surface area contributed by atoms with E-state index < -0.39 is 11.4 Å². The van der Waals surface area contributed by atoms with Gasteiger partial charge in [-0.3, -0.25) is 4.79 Å². The van der Waals surface area contributed by atoms with E-state index in [1.54, 1.807) is 6.07 Å². The van der Waals surface area contributed by atoms with Gasteiger partial charge in [0.25, 0.3) is 5.56 Å². The van der Waals surface area contributed by atoms with Crippen molar-refractivity contribution in [2.24, 2.45) is 0 Å². The number of nitrogens with zero attached hydrogens (tertiary/aromatic N) is 1. The molecule has 0 aliphatic rings. The predicted molar refractivity (Wildman–Crippen MR) is 55.0 cm³/mol. The van der Waals surface area contributed by atoms with Gasteiger partial charge in [0.2, 0.25) is 0 Å². The molecule has 0 aliphatic carbocycles. The number of aromatic nitrogens is 2. The lowest BCUT2D eigenvalue weighted by molar-refractivity contribution is 0.638. The molecule has 5 heteroatoms. The molecule has 2 aromatic rings. The highest BCUT2D eigenvalue weighted by Gasteiger charge is 2.05. The molecule has 0 atom stereocenters. The predicted octanol–water partition coefficient (Wildman–Crippen LogP) is 1.67. The zero-order chi connectivity index (χ0) is 9.42. The molecule has 0 spiro atoms. The molecule has 1 aromatic heterocycles. The first-order chi connectivity index (χ1) is 6.18. The van der Waals surface area contributed by atoms with E-state index in [0.29, 0.717) is 9.35 Å². The van der Waals surface area contributed by atoms with Gasteiger partial charge in [-0.2, -0.15) is 0 Å². The molecule has 0 saturated heterocycles. The summed E-state index contributed by atoms with van der Waals surface area (Å²) in [6.07, 6.45) is 0. The Bertz CT molecular complexity index is 523. The molecule has 2 rings (SSSR count). The summed E-state index contributed by atoms with van der Waals surface area (Å²) in [5, 5.41) is 0.0166. The van der Waals surface area contributed by atoms with Crippen molar-refractivity contribution >= 4 is 33.5 Å². The molecule has 1 N–H and O–H groups in total. The molecule has 0 fully saturated rings. The standard InChI is InChI=1S/C8H4FIN2O/c9-4-2-1-3-5-6(4)7(13)12-8(10)11-5/h1-3H,(H,11,12,13). The summed E-state index contributed by atoms with van der Waals surface area (Å²) in [5.41, 5.74) is -0.0550. The van der Waals surface area contributed by atoms with Gasteiger partial charge in [-0.25, -0.2) is 9.37 Å². The van der Waals surface area contributed by atoms with Crippen molar-refractivity contribution in [3.05, 3.63) is 38.2 Å². The smallest absolute Gasteiger partial charge is 0.262 e. The van der Waals surface area contributed by atoms with Crippen molar-refractivity contribution in [3.8, 4) is 0 Å². The third-order valence-electron chi connectivity index (χ3n) is 1.65. The second-order valence-electron chi connectivity index (χ2n) is 2.49. The lowest BCUT2D eigenvalue weighted by atomic mass is 10.2. The molecular weight excluding hydrogens is 286 g/mol. The molecule has 0 aliphatic heterocycles. The van der Waals surface area contributed by atoms with Crippen molar-refractivity contribution in [1.29, 1.82) is 0 Å². The summed E-state index contributed by atoms with van der Waals surface area (Å²) < 4.78 is 13.6. The zero-order valence-corrected chi connectivity index (χ0v) is 8.50. The van der Waals surface area contributed by atoms with Crippen molar-refractivity contribution in [2.75, 3.05) is 0 Å². The minimum atomic E-state index is -0.539. The lowest BCUT2D eigenvalue weighted by Crippen LogP contribution is -2.11. The van der Waals surface area contributed by atoms with Crippen LogP contribution in [0.4, 0.5) is 4.39 Å². The quantitative estimate of drug-likeness (QED) is 0.592. The van der Waals surface area contributed by atoms with Crippen LogP contribution in [0.5, 0.6) is 0 Å². The van der Waals surface area contributed by atoms with Crippen molar-refractivity contribution in [1.82, 2.24) is 9.97 Å². The first-order valence-corrected chi connectivity index (χ1v) is 4.60. The highest BCUT2D eigenvalue weighted by molar-refractivity contribution is 14.1. The molecule has 0 bridgehead atoms. The van der Waals surface area contributed by atoms with Gasteiger partial charge in [-0.1, -0.05) is 6.07 Å². The Morgan fingerprint density at radius 3 is 3.00 bits per heavy atom. The number of benzene rings is 1. The topological polar surface area (TPSA) is 45.8 Å². The van der Waals surface area contributed by atoms with Crippen LogP contribution in [0.2, 0.25) is 0 Å². The fourth-order valence-corrected chi connectivity index (χ4v) is 1.63. The molecule has 0 saturated carbocycles. The monoisotopic (exact) mass is 290 g/mol. The summed E-state index contributed by atoms with van der Waals surface area (Å²) in [5.74, 6) is -0.539. The first-order valence-electron chi connectivity index (χ1n) is 3.52. The minimum Gasteiger partial charge on any atom is -0.301 e. The molecule has 0 radical (unpaired) electrons. The van der Waals surface area contributed by atoms with E-state index in [4.69, 9.17) is 0 Å². The molecule has 66 valence electrons. The van der Waals surface area contributed by atoms with Crippen molar-refractivity contribution < 1.29 is 4.39 Å². The van der Waals surface area contributed by atoms with E-state index >= 15 is 0 Å². The van der Waals surface area contributed by atoms with Gasteiger partial charge in [0, 0.05) is 0 Å². The number of hydrogen-bond acceptors (Lipinski definition) is 2. The average Bonchev–Trinajstić information content (AvgIpc) is 2.02. The Balaban J connectivity index is 3.03. The van der Waals surface area contributed by atoms with Crippen LogP contribution in [0.15, 0.2) is 23.0 Å². The normalized spacial score (nSPS) is 10.6. The van der Waals surface area contributed by atoms with Gasteiger partial charge in [0.05, 0.1) is 5.52 Å². The maximum Gasteiger partial charge on any atom is 0.262 e. The number of halogens is 2. The van der Waals surface area contributed by atoms with Gasteiger partial charge < -0.3 is 4.98 Å². The summed E-state index contributed by atoms with van der Waals surface area (Å²) in [4.78, 5) is 17.7. The highest BCUT2D eigenvalue weighted by Crippen LogP contribution is 2.11. The number of rotatable bonds is 0.